The predicted molar refractivity (Wildman–Crippen MR) is 111 cm³/mol. The summed E-state index contributed by atoms with van der Waals surface area (Å²) in [5.74, 6) is -3.61. The van der Waals surface area contributed by atoms with Crippen LogP contribution in [0.3, 0.4) is 0 Å². The van der Waals surface area contributed by atoms with Gasteiger partial charge in [0.25, 0.3) is 0 Å². The number of aliphatic carboxylic acids is 1. The lowest BCUT2D eigenvalue weighted by Crippen LogP contribution is -2.56. The Labute approximate surface area is 180 Å². The molecule has 11 nitrogen and oxygen atoms in total. The first-order valence-corrected chi connectivity index (χ1v) is 9.83. The number of aliphatic hydroxyl groups excluding tert-OH is 1. The Morgan fingerprint density at radius 1 is 1.06 bits per heavy atom. The fourth-order valence-electron chi connectivity index (χ4n) is 2.65. The van der Waals surface area contributed by atoms with Gasteiger partial charge >= 0.3 is 5.97 Å². The molecule has 0 aliphatic heterocycles. The first kappa shape index (κ1) is 25.9. The van der Waals surface area contributed by atoms with Gasteiger partial charge in [0.2, 0.25) is 17.7 Å². The second kappa shape index (κ2) is 12.5. The van der Waals surface area contributed by atoms with Crippen LogP contribution in [0.25, 0.3) is 0 Å². The van der Waals surface area contributed by atoms with Gasteiger partial charge in [-0.15, -0.1) is 0 Å². The highest BCUT2D eigenvalue weighted by molar-refractivity contribution is 5.92. The van der Waals surface area contributed by atoms with Gasteiger partial charge in [-0.2, -0.15) is 0 Å². The lowest BCUT2D eigenvalue weighted by atomic mass is 9.98. The van der Waals surface area contributed by atoms with Crippen LogP contribution in [0, 0.1) is 5.92 Å². The zero-order chi connectivity index (χ0) is 23.6. The topological polar surface area (TPSA) is 191 Å². The van der Waals surface area contributed by atoms with Crippen molar-refractivity contribution in [3.05, 3.63) is 29.8 Å². The number of hydrogen-bond acceptors (Lipinski definition) is 7. The predicted octanol–water partition coefficient (Wildman–Crippen LogP) is -1.53. The van der Waals surface area contributed by atoms with Crippen molar-refractivity contribution in [1.29, 1.82) is 0 Å². The van der Waals surface area contributed by atoms with E-state index in [2.05, 4.69) is 16.0 Å². The Bertz CT molecular complexity index is 769. The number of benzene rings is 1. The van der Waals surface area contributed by atoms with Gasteiger partial charge in [0.15, 0.2) is 0 Å². The van der Waals surface area contributed by atoms with Gasteiger partial charge in [-0.25, -0.2) is 4.79 Å². The van der Waals surface area contributed by atoms with Gasteiger partial charge in [0.1, 0.15) is 17.8 Å². The third-order valence-electron chi connectivity index (χ3n) is 4.76. The molecule has 0 spiro atoms. The maximum Gasteiger partial charge on any atom is 0.328 e. The minimum atomic E-state index is -1.49. The van der Waals surface area contributed by atoms with Crippen molar-refractivity contribution in [2.75, 3.05) is 13.2 Å². The average molecular weight is 438 g/mol. The number of carbonyl (C=O) groups excluding carboxylic acids is 3. The molecule has 0 bridgehead atoms. The highest BCUT2D eigenvalue weighted by atomic mass is 16.4. The van der Waals surface area contributed by atoms with Crippen LogP contribution < -0.4 is 21.7 Å². The molecule has 31 heavy (non-hydrogen) atoms. The van der Waals surface area contributed by atoms with Crippen LogP contribution >= 0.6 is 0 Å². The number of phenolic OH excluding ortho intramolecular Hbond substituents is 1. The molecular weight excluding hydrogens is 408 g/mol. The van der Waals surface area contributed by atoms with Gasteiger partial charge < -0.3 is 37.0 Å². The van der Waals surface area contributed by atoms with Crippen molar-refractivity contribution in [3.8, 4) is 5.75 Å². The van der Waals surface area contributed by atoms with E-state index in [9.17, 15) is 24.3 Å². The summed E-state index contributed by atoms with van der Waals surface area (Å²) in [6.07, 6.45) is 0.711. The largest absolute Gasteiger partial charge is 0.508 e. The number of rotatable bonds is 12. The maximum absolute atomic E-state index is 12.4. The summed E-state index contributed by atoms with van der Waals surface area (Å²) in [7, 11) is 0. The van der Waals surface area contributed by atoms with Crippen LogP contribution in [-0.4, -0.2) is 70.3 Å². The van der Waals surface area contributed by atoms with E-state index >= 15 is 0 Å². The zero-order valence-electron chi connectivity index (χ0n) is 17.5. The lowest BCUT2D eigenvalue weighted by molar-refractivity contribution is -0.143. The number of carboxylic acid groups (broad SMARTS) is 1. The van der Waals surface area contributed by atoms with E-state index in [1.54, 1.807) is 26.0 Å². The van der Waals surface area contributed by atoms with E-state index in [0.29, 0.717) is 6.42 Å². The van der Waals surface area contributed by atoms with Crippen molar-refractivity contribution >= 4 is 23.7 Å². The molecule has 4 atom stereocenters. The van der Waals surface area contributed by atoms with Crippen LogP contribution in [0.5, 0.6) is 5.75 Å². The number of aliphatic hydroxyl groups is 1. The standard InChI is InChI=1S/C20H30N4O7/c1-3-11(2)17(19(29)23-15(10-25)20(30)31)24-16(27)9-22-18(28)14(21)8-12-4-6-13(26)7-5-12/h4-7,11,14-15,17,25-26H,3,8-10,21H2,1-2H3,(H,22,28)(H,23,29)(H,24,27)(H,30,31). The average Bonchev–Trinajstić information content (AvgIpc) is 2.74. The molecule has 1 aromatic carbocycles. The van der Waals surface area contributed by atoms with Crippen LogP contribution in [0.4, 0.5) is 0 Å². The van der Waals surface area contributed by atoms with Gasteiger partial charge in [-0.1, -0.05) is 32.4 Å². The summed E-state index contributed by atoms with van der Waals surface area (Å²) < 4.78 is 0. The monoisotopic (exact) mass is 438 g/mol. The quantitative estimate of drug-likeness (QED) is 0.204. The highest BCUT2D eigenvalue weighted by Gasteiger charge is 2.29. The van der Waals surface area contributed by atoms with Gasteiger partial charge in [-0.05, 0) is 30.0 Å². The maximum atomic E-state index is 12.4. The fraction of sp³-hybridized carbons (Fsp3) is 0.500. The Morgan fingerprint density at radius 3 is 2.19 bits per heavy atom. The molecule has 11 heteroatoms. The molecule has 0 aromatic heterocycles. The zero-order valence-corrected chi connectivity index (χ0v) is 17.5. The summed E-state index contributed by atoms with van der Waals surface area (Å²) in [4.78, 5) is 47.8. The van der Waals surface area contributed by atoms with Crippen molar-refractivity contribution in [2.24, 2.45) is 11.7 Å². The SMILES string of the molecule is CCC(C)C(NC(=O)CNC(=O)C(N)Cc1ccc(O)cc1)C(=O)NC(CO)C(=O)O. The van der Waals surface area contributed by atoms with Crippen molar-refractivity contribution in [2.45, 2.75) is 44.8 Å². The summed E-state index contributed by atoms with van der Waals surface area (Å²) in [5.41, 5.74) is 6.57. The molecule has 172 valence electrons. The molecule has 3 amide bonds. The molecule has 0 fully saturated rings. The van der Waals surface area contributed by atoms with Crippen LogP contribution in [0.2, 0.25) is 0 Å². The summed E-state index contributed by atoms with van der Waals surface area (Å²) in [5, 5.41) is 34.4. The third kappa shape index (κ3) is 8.60. The first-order chi connectivity index (χ1) is 14.6. The highest BCUT2D eigenvalue weighted by Crippen LogP contribution is 2.11. The second-order valence-corrected chi connectivity index (χ2v) is 7.21. The minimum absolute atomic E-state index is 0.0898. The number of carboxylic acids is 1. The molecule has 4 unspecified atom stereocenters. The molecule has 8 N–H and O–H groups in total. The van der Waals surface area contributed by atoms with E-state index in [-0.39, 0.29) is 18.1 Å². The molecule has 0 saturated carbocycles. The molecular formula is C20H30N4O7. The van der Waals surface area contributed by atoms with Gasteiger partial charge in [0.05, 0.1) is 19.2 Å². The number of nitrogens with one attached hydrogen (secondary N) is 3. The molecule has 0 aliphatic rings. The van der Waals surface area contributed by atoms with E-state index in [0.717, 1.165) is 5.56 Å². The van der Waals surface area contributed by atoms with E-state index in [4.69, 9.17) is 15.9 Å². The van der Waals surface area contributed by atoms with Gasteiger partial charge in [0, 0.05) is 0 Å². The molecule has 0 radical (unpaired) electrons. The number of hydrogen-bond donors (Lipinski definition) is 7. The summed E-state index contributed by atoms with van der Waals surface area (Å²) >= 11 is 0. The number of phenols is 1. The van der Waals surface area contributed by atoms with E-state index < -0.39 is 55.0 Å². The number of amides is 3. The lowest BCUT2D eigenvalue weighted by Gasteiger charge is -2.25. The molecule has 0 aliphatic carbocycles. The number of nitrogens with two attached hydrogens (primary N) is 1. The molecule has 0 saturated heterocycles. The first-order valence-electron chi connectivity index (χ1n) is 9.83. The number of carbonyl (C=O) groups is 4. The van der Waals surface area contributed by atoms with Gasteiger partial charge in [-0.3, -0.25) is 14.4 Å². The summed E-state index contributed by atoms with van der Waals surface area (Å²) in [6.45, 7) is 2.27. The van der Waals surface area contributed by atoms with Crippen molar-refractivity contribution in [3.63, 3.8) is 0 Å². The summed E-state index contributed by atoms with van der Waals surface area (Å²) in [6, 6.07) is 2.73. The Kier molecular flexibility index (Phi) is 10.4. The van der Waals surface area contributed by atoms with Crippen LogP contribution in [-0.2, 0) is 25.6 Å². The number of aromatic hydroxyl groups is 1. The van der Waals surface area contributed by atoms with Crippen molar-refractivity contribution < 1.29 is 34.5 Å². The Morgan fingerprint density at radius 2 is 1.68 bits per heavy atom. The molecule has 1 rings (SSSR count). The minimum Gasteiger partial charge on any atom is -0.508 e. The van der Waals surface area contributed by atoms with E-state index in [1.165, 1.54) is 12.1 Å². The normalized spacial score (nSPS) is 14.6. The second-order valence-electron chi connectivity index (χ2n) is 7.21. The van der Waals surface area contributed by atoms with Crippen LogP contribution in [0.15, 0.2) is 24.3 Å². The Balaban J connectivity index is 2.62. The third-order valence-corrected chi connectivity index (χ3v) is 4.76. The molecule has 0 heterocycles. The van der Waals surface area contributed by atoms with Crippen molar-refractivity contribution in [1.82, 2.24) is 16.0 Å². The fourth-order valence-corrected chi connectivity index (χ4v) is 2.65. The molecule has 1 aromatic rings. The smallest absolute Gasteiger partial charge is 0.328 e. The Hall–Kier alpha value is -3.18. The van der Waals surface area contributed by atoms with Crippen LogP contribution in [0.1, 0.15) is 25.8 Å². The van der Waals surface area contributed by atoms with E-state index in [1.807, 2.05) is 0 Å².